The van der Waals surface area contributed by atoms with E-state index in [0.29, 0.717) is 22.4 Å². The molecular formula is C15H12BrNO3. The van der Waals surface area contributed by atoms with Crippen LogP contribution in [0.25, 0.3) is 0 Å². The van der Waals surface area contributed by atoms with Crippen molar-refractivity contribution < 1.29 is 14.4 Å². The molecule has 0 bridgehead atoms. The fraction of sp³-hybridized carbons (Fsp3) is 0.133. The molecule has 0 unspecified atom stereocenters. The Bertz CT molecular complexity index is 654. The Labute approximate surface area is 124 Å². The molecule has 0 amide bonds. The first-order valence-electron chi connectivity index (χ1n) is 5.94. The van der Waals surface area contributed by atoms with Gasteiger partial charge in [0.1, 0.15) is 5.71 Å². The maximum Gasteiger partial charge on any atom is 0.365 e. The molecule has 0 saturated heterocycles. The summed E-state index contributed by atoms with van der Waals surface area (Å²) in [6, 6.07) is 6.78. The van der Waals surface area contributed by atoms with Crippen molar-refractivity contribution in [1.82, 2.24) is 0 Å². The van der Waals surface area contributed by atoms with Crippen LogP contribution in [0, 0.1) is 0 Å². The smallest absolute Gasteiger partial charge is 0.312 e. The zero-order valence-electron chi connectivity index (χ0n) is 11.0. The van der Waals surface area contributed by atoms with Crippen molar-refractivity contribution in [2.75, 3.05) is 0 Å². The zero-order valence-corrected chi connectivity index (χ0v) is 12.6. The summed E-state index contributed by atoms with van der Waals surface area (Å²) in [5, 5.41) is 3.81. The van der Waals surface area contributed by atoms with E-state index in [2.05, 4.69) is 21.1 Å². The fourth-order valence-corrected chi connectivity index (χ4v) is 1.87. The van der Waals surface area contributed by atoms with Crippen molar-refractivity contribution in [3.8, 4) is 0 Å². The number of hydrogen-bond acceptors (Lipinski definition) is 4. The minimum atomic E-state index is -0.541. The summed E-state index contributed by atoms with van der Waals surface area (Å²) in [5.74, 6) is -0.596. The highest BCUT2D eigenvalue weighted by Gasteiger charge is 2.15. The molecule has 102 valence electrons. The van der Waals surface area contributed by atoms with Crippen LogP contribution in [0.2, 0.25) is 0 Å². The SMILES string of the molecule is CC1=C(C)/C(=N\OC(=O)c2ccc(Br)cc2)C=CC1=O. The number of halogens is 1. The molecule has 0 radical (unpaired) electrons. The van der Waals surface area contributed by atoms with Crippen molar-refractivity contribution in [2.45, 2.75) is 13.8 Å². The number of hydrogen-bond donors (Lipinski definition) is 0. The molecule has 0 spiro atoms. The Kier molecular flexibility index (Phi) is 4.29. The van der Waals surface area contributed by atoms with Gasteiger partial charge in [-0.1, -0.05) is 21.1 Å². The topological polar surface area (TPSA) is 55.7 Å². The Hall–Kier alpha value is -2.01. The lowest BCUT2D eigenvalue weighted by Gasteiger charge is -2.09. The number of allylic oxidation sites excluding steroid dienone is 4. The van der Waals surface area contributed by atoms with Crippen LogP contribution in [0.4, 0.5) is 0 Å². The van der Waals surface area contributed by atoms with Crippen LogP contribution in [-0.4, -0.2) is 17.5 Å². The summed E-state index contributed by atoms with van der Waals surface area (Å²) in [6.45, 7) is 3.48. The molecule has 0 aromatic heterocycles. The number of benzene rings is 1. The molecular weight excluding hydrogens is 322 g/mol. The van der Waals surface area contributed by atoms with Crippen molar-refractivity contribution >= 4 is 33.4 Å². The van der Waals surface area contributed by atoms with E-state index in [0.717, 1.165) is 4.47 Å². The quantitative estimate of drug-likeness (QED) is 0.473. The van der Waals surface area contributed by atoms with Crippen LogP contribution in [0.15, 0.2) is 57.2 Å². The minimum absolute atomic E-state index is 0.0549. The summed E-state index contributed by atoms with van der Waals surface area (Å²) in [4.78, 5) is 28.1. The molecule has 0 fully saturated rings. The standard InChI is InChI=1S/C15H12BrNO3/c1-9-10(2)14(18)8-7-13(9)17-20-15(19)11-3-5-12(16)6-4-11/h3-8H,1-2H3/b17-13-. The van der Waals surface area contributed by atoms with Crippen LogP contribution in [0.3, 0.4) is 0 Å². The first kappa shape index (κ1) is 14.4. The highest BCUT2D eigenvalue weighted by Crippen LogP contribution is 2.15. The van der Waals surface area contributed by atoms with Gasteiger partial charge < -0.3 is 4.84 Å². The lowest BCUT2D eigenvalue weighted by atomic mass is 9.97. The third-order valence-electron chi connectivity index (χ3n) is 3.02. The Balaban J connectivity index is 2.14. The van der Waals surface area contributed by atoms with Gasteiger partial charge in [0.2, 0.25) is 0 Å². The molecule has 2 rings (SSSR count). The molecule has 5 heteroatoms. The summed E-state index contributed by atoms with van der Waals surface area (Å²) >= 11 is 3.29. The average molecular weight is 334 g/mol. The fourth-order valence-electron chi connectivity index (χ4n) is 1.61. The van der Waals surface area contributed by atoms with Gasteiger partial charge in [0.15, 0.2) is 5.78 Å². The highest BCUT2D eigenvalue weighted by atomic mass is 79.9. The summed E-state index contributed by atoms with van der Waals surface area (Å²) in [5.41, 5.74) is 2.20. The molecule has 1 aromatic rings. The lowest BCUT2D eigenvalue weighted by molar-refractivity contribution is -0.111. The van der Waals surface area contributed by atoms with E-state index in [1.54, 1.807) is 44.2 Å². The van der Waals surface area contributed by atoms with Crippen LogP contribution in [0.1, 0.15) is 24.2 Å². The third kappa shape index (κ3) is 3.11. The number of oxime groups is 1. The first-order chi connectivity index (χ1) is 9.49. The maximum absolute atomic E-state index is 11.8. The van der Waals surface area contributed by atoms with Gasteiger partial charge in [-0.25, -0.2) is 4.79 Å². The number of carbonyl (C=O) groups is 2. The predicted molar refractivity (Wildman–Crippen MR) is 79.5 cm³/mol. The van der Waals surface area contributed by atoms with Crippen LogP contribution in [-0.2, 0) is 9.63 Å². The zero-order chi connectivity index (χ0) is 14.7. The van der Waals surface area contributed by atoms with E-state index in [-0.39, 0.29) is 5.78 Å². The van der Waals surface area contributed by atoms with Gasteiger partial charge in [0.05, 0.1) is 5.56 Å². The summed E-state index contributed by atoms with van der Waals surface area (Å²) < 4.78 is 0.878. The van der Waals surface area contributed by atoms with Crippen LogP contribution in [0.5, 0.6) is 0 Å². The van der Waals surface area contributed by atoms with Gasteiger partial charge in [0.25, 0.3) is 0 Å². The van der Waals surface area contributed by atoms with E-state index >= 15 is 0 Å². The molecule has 1 aliphatic rings. The number of ketones is 1. The van der Waals surface area contributed by atoms with Gasteiger partial charge in [0, 0.05) is 10.0 Å². The molecule has 1 aliphatic carbocycles. The number of carbonyl (C=O) groups excluding carboxylic acids is 2. The van der Waals surface area contributed by atoms with Crippen molar-refractivity contribution in [3.63, 3.8) is 0 Å². The van der Waals surface area contributed by atoms with Gasteiger partial charge in [-0.05, 0) is 55.8 Å². The van der Waals surface area contributed by atoms with Crippen LogP contribution >= 0.6 is 15.9 Å². The number of rotatable bonds is 2. The molecule has 0 heterocycles. The largest absolute Gasteiger partial charge is 0.365 e. The first-order valence-corrected chi connectivity index (χ1v) is 6.73. The number of nitrogens with zero attached hydrogens (tertiary/aromatic N) is 1. The second kappa shape index (κ2) is 5.96. The molecule has 0 atom stereocenters. The van der Waals surface area contributed by atoms with E-state index in [9.17, 15) is 9.59 Å². The van der Waals surface area contributed by atoms with Gasteiger partial charge in [-0.15, -0.1) is 0 Å². The van der Waals surface area contributed by atoms with E-state index in [1.165, 1.54) is 6.08 Å². The second-order valence-electron chi connectivity index (χ2n) is 4.31. The Morgan fingerprint density at radius 2 is 1.75 bits per heavy atom. The molecule has 20 heavy (non-hydrogen) atoms. The summed E-state index contributed by atoms with van der Waals surface area (Å²) in [6.07, 6.45) is 2.95. The summed E-state index contributed by atoms with van der Waals surface area (Å²) in [7, 11) is 0. The van der Waals surface area contributed by atoms with Crippen molar-refractivity contribution in [1.29, 1.82) is 0 Å². The normalized spacial score (nSPS) is 16.8. The van der Waals surface area contributed by atoms with E-state index in [4.69, 9.17) is 4.84 Å². The Morgan fingerprint density at radius 1 is 1.10 bits per heavy atom. The molecule has 0 N–H and O–H groups in total. The average Bonchev–Trinajstić information content (AvgIpc) is 2.44. The van der Waals surface area contributed by atoms with Crippen LogP contribution < -0.4 is 0 Å². The molecule has 1 aromatic carbocycles. The van der Waals surface area contributed by atoms with Gasteiger partial charge in [-0.2, -0.15) is 0 Å². The monoisotopic (exact) mass is 333 g/mol. The van der Waals surface area contributed by atoms with E-state index < -0.39 is 5.97 Å². The Morgan fingerprint density at radius 3 is 2.40 bits per heavy atom. The second-order valence-corrected chi connectivity index (χ2v) is 5.23. The van der Waals surface area contributed by atoms with E-state index in [1.807, 2.05) is 0 Å². The molecule has 0 saturated carbocycles. The molecule has 4 nitrogen and oxygen atoms in total. The highest BCUT2D eigenvalue weighted by molar-refractivity contribution is 9.10. The minimum Gasteiger partial charge on any atom is -0.312 e. The van der Waals surface area contributed by atoms with Gasteiger partial charge in [-0.3, -0.25) is 4.79 Å². The molecule has 0 aliphatic heterocycles. The third-order valence-corrected chi connectivity index (χ3v) is 3.54. The maximum atomic E-state index is 11.8. The predicted octanol–water partition coefficient (Wildman–Crippen LogP) is 3.44. The van der Waals surface area contributed by atoms with Crippen molar-refractivity contribution in [3.05, 3.63) is 57.6 Å². The van der Waals surface area contributed by atoms with Crippen molar-refractivity contribution in [2.24, 2.45) is 5.16 Å². The van der Waals surface area contributed by atoms with Gasteiger partial charge >= 0.3 is 5.97 Å². The lowest BCUT2D eigenvalue weighted by Crippen LogP contribution is -2.12.